The molecule has 1 N–H and O–H groups in total. The van der Waals surface area contributed by atoms with Crippen LogP contribution >= 0.6 is 0 Å². The van der Waals surface area contributed by atoms with Crippen LogP contribution in [0.15, 0.2) is 0 Å². The van der Waals surface area contributed by atoms with Crippen molar-refractivity contribution in [2.75, 3.05) is 13.6 Å². The third kappa shape index (κ3) is 7.38. The molecule has 0 aromatic rings. The molecule has 0 bridgehead atoms. The molecule has 0 aliphatic rings. The highest BCUT2D eigenvalue weighted by Crippen LogP contribution is 2.08. The number of rotatable bonds is 1. The van der Waals surface area contributed by atoms with Crippen molar-refractivity contribution in [1.82, 2.24) is 4.90 Å². The van der Waals surface area contributed by atoms with E-state index in [1.165, 1.54) is 11.9 Å². The first kappa shape index (κ1) is 13.3. The average Bonchev–Trinajstić information content (AvgIpc) is 1.99. The lowest BCUT2D eigenvalue weighted by atomic mass is 10.2. The lowest BCUT2D eigenvalue weighted by Crippen LogP contribution is -2.34. The summed E-state index contributed by atoms with van der Waals surface area (Å²) in [4.78, 5) is 22.6. The van der Waals surface area contributed by atoms with Gasteiger partial charge in [0.1, 0.15) is 5.60 Å². The molecule has 5 nitrogen and oxygen atoms in total. The zero-order chi connectivity index (χ0) is 12.1. The summed E-state index contributed by atoms with van der Waals surface area (Å²) in [5.74, 6) is 3.02. The average molecular weight is 213 g/mol. The minimum atomic E-state index is -1.22. The maximum absolute atomic E-state index is 11.3. The normalized spacial score (nSPS) is 9.87. The minimum Gasteiger partial charge on any atom is -0.472 e. The zero-order valence-corrected chi connectivity index (χ0v) is 9.33. The monoisotopic (exact) mass is 213 g/mol. The van der Waals surface area contributed by atoms with Gasteiger partial charge in [0.25, 0.3) is 0 Å². The lowest BCUT2D eigenvalue weighted by Gasteiger charge is -2.23. The third-order valence-electron chi connectivity index (χ3n) is 1.22. The van der Waals surface area contributed by atoms with Crippen molar-refractivity contribution in [3.8, 4) is 11.8 Å². The predicted octanol–water partition coefficient (Wildman–Crippen LogP) is 0.941. The molecule has 0 rings (SSSR count). The van der Waals surface area contributed by atoms with Crippen molar-refractivity contribution in [3.05, 3.63) is 0 Å². The van der Waals surface area contributed by atoms with Crippen molar-refractivity contribution < 1.29 is 19.4 Å². The van der Waals surface area contributed by atoms with Crippen LogP contribution in [0, 0.1) is 11.8 Å². The van der Waals surface area contributed by atoms with E-state index in [-0.39, 0.29) is 6.54 Å². The fraction of sp³-hybridized carbons (Fsp3) is 0.600. The molecule has 15 heavy (non-hydrogen) atoms. The van der Waals surface area contributed by atoms with Crippen molar-refractivity contribution in [1.29, 1.82) is 0 Å². The molecule has 0 spiro atoms. The Labute approximate surface area is 89.0 Å². The molecule has 1 amide bonds. The van der Waals surface area contributed by atoms with Crippen molar-refractivity contribution in [3.63, 3.8) is 0 Å². The Morgan fingerprint density at radius 1 is 1.40 bits per heavy atom. The lowest BCUT2D eigenvalue weighted by molar-refractivity contribution is -0.130. The van der Waals surface area contributed by atoms with Gasteiger partial charge < -0.3 is 14.7 Å². The Kier molecular flexibility index (Phi) is 4.65. The van der Waals surface area contributed by atoms with E-state index in [9.17, 15) is 9.59 Å². The van der Waals surface area contributed by atoms with Crippen LogP contribution in [0.2, 0.25) is 0 Å². The van der Waals surface area contributed by atoms with Crippen LogP contribution in [0.25, 0.3) is 0 Å². The molecule has 0 unspecified atom stereocenters. The number of carbonyl (C=O) groups excluding carboxylic acids is 1. The number of hydrogen-bond acceptors (Lipinski definition) is 3. The van der Waals surface area contributed by atoms with E-state index in [4.69, 9.17) is 9.84 Å². The number of hydrogen-bond donors (Lipinski definition) is 1. The van der Waals surface area contributed by atoms with E-state index in [0.717, 1.165) is 0 Å². The predicted molar refractivity (Wildman–Crippen MR) is 54.3 cm³/mol. The summed E-state index contributed by atoms with van der Waals surface area (Å²) in [7, 11) is 1.49. The third-order valence-corrected chi connectivity index (χ3v) is 1.22. The summed E-state index contributed by atoms with van der Waals surface area (Å²) in [5.41, 5.74) is -0.564. The van der Waals surface area contributed by atoms with Crippen LogP contribution < -0.4 is 0 Å². The first-order chi connectivity index (χ1) is 6.72. The molecule has 0 saturated heterocycles. The van der Waals surface area contributed by atoms with Crippen LogP contribution in [0.4, 0.5) is 4.79 Å². The van der Waals surface area contributed by atoms with Gasteiger partial charge in [0.15, 0.2) is 0 Å². The molecule has 0 fully saturated rings. The largest absolute Gasteiger partial charge is 0.472 e. The second-order valence-corrected chi connectivity index (χ2v) is 3.94. The Hall–Kier alpha value is -1.70. The molecule has 0 aromatic heterocycles. The number of carboxylic acid groups (broad SMARTS) is 1. The zero-order valence-electron chi connectivity index (χ0n) is 9.33. The van der Waals surface area contributed by atoms with E-state index < -0.39 is 17.7 Å². The fourth-order valence-corrected chi connectivity index (χ4v) is 0.638. The van der Waals surface area contributed by atoms with Crippen LogP contribution in [0.1, 0.15) is 20.8 Å². The Balaban J connectivity index is 4.13. The molecule has 5 heteroatoms. The van der Waals surface area contributed by atoms with Gasteiger partial charge in [-0.1, -0.05) is 5.92 Å². The Morgan fingerprint density at radius 2 is 1.93 bits per heavy atom. The van der Waals surface area contributed by atoms with Crippen LogP contribution in [0.5, 0.6) is 0 Å². The smallest absolute Gasteiger partial charge is 0.410 e. The number of amides is 1. The van der Waals surface area contributed by atoms with E-state index in [1.807, 2.05) is 5.92 Å². The van der Waals surface area contributed by atoms with Gasteiger partial charge in [0, 0.05) is 13.0 Å². The molecule has 0 aliphatic carbocycles. The first-order valence-corrected chi connectivity index (χ1v) is 4.38. The molecular formula is C10H15NO4. The molecule has 0 aromatic carbocycles. The minimum absolute atomic E-state index is 0.0290. The van der Waals surface area contributed by atoms with Crippen molar-refractivity contribution in [2.24, 2.45) is 0 Å². The van der Waals surface area contributed by atoms with Gasteiger partial charge in [0.05, 0.1) is 6.54 Å². The number of nitrogens with zero attached hydrogens (tertiary/aromatic N) is 1. The van der Waals surface area contributed by atoms with E-state index in [1.54, 1.807) is 20.8 Å². The van der Waals surface area contributed by atoms with E-state index in [2.05, 4.69) is 5.92 Å². The van der Waals surface area contributed by atoms with Crippen LogP contribution in [-0.2, 0) is 9.53 Å². The fourth-order valence-electron chi connectivity index (χ4n) is 0.638. The number of ether oxygens (including phenoxy) is 1. The van der Waals surface area contributed by atoms with Crippen LogP contribution in [-0.4, -0.2) is 41.3 Å². The summed E-state index contributed by atoms with van der Waals surface area (Å²) in [5, 5.41) is 8.24. The summed E-state index contributed by atoms with van der Waals surface area (Å²) in [6.45, 7) is 5.28. The highest BCUT2D eigenvalue weighted by Gasteiger charge is 2.18. The molecule has 0 saturated carbocycles. The number of carboxylic acids is 1. The van der Waals surface area contributed by atoms with Gasteiger partial charge >= 0.3 is 12.1 Å². The number of aliphatic carboxylic acids is 1. The Morgan fingerprint density at radius 3 is 2.33 bits per heavy atom. The summed E-state index contributed by atoms with van der Waals surface area (Å²) in [6, 6.07) is 0. The van der Waals surface area contributed by atoms with Crippen LogP contribution in [0.3, 0.4) is 0 Å². The summed E-state index contributed by atoms with van der Waals surface area (Å²) in [6.07, 6.45) is -0.526. The van der Waals surface area contributed by atoms with Crippen molar-refractivity contribution in [2.45, 2.75) is 26.4 Å². The quantitative estimate of drug-likeness (QED) is 0.658. The maximum atomic E-state index is 11.3. The van der Waals surface area contributed by atoms with Gasteiger partial charge in [-0.3, -0.25) is 0 Å². The van der Waals surface area contributed by atoms with E-state index in [0.29, 0.717) is 0 Å². The maximum Gasteiger partial charge on any atom is 0.410 e. The SMILES string of the molecule is CN(CC#CC(=O)O)C(=O)OC(C)(C)C. The highest BCUT2D eigenvalue weighted by atomic mass is 16.6. The molecule has 0 radical (unpaired) electrons. The topological polar surface area (TPSA) is 66.8 Å². The second-order valence-electron chi connectivity index (χ2n) is 3.94. The van der Waals surface area contributed by atoms with Gasteiger partial charge in [-0.2, -0.15) is 0 Å². The molecular weight excluding hydrogens is 198 g/mol. The standard InChI is InChI=1S/C10H15NO4/c1-10(2,3)15-9(14)11(4)7-5-6-8(12)13/h7H2,1-4H3,(H,12,13). The van der Waals surface area contributed by atoms with Gasteiger partial charge in [-0.05, 0) is 20.8 Å². The molecule has 84 valence electrons. The van der Waals surface area contributed by atoms with Crippen molar-refractivity contribution >= 4 is 12.1 Å². The van der Waals surface area contributed by atoms with Gasteiger partial charge in [0.2, 0.25) is 0 Å². The molecule has 0 aliphatic heterocycles. The summed E-state index contributed by atoms with van der Waals surface area (Å²) < 4.78 is 5.03. The van der Waals surface area contributed by atoms with Gasteiger partial charge in [-0.15, -0.1) is 0 Å². The van der Waals surface area contributed by atoms with E-state index >= 15 is 0 Å². The Bertz CT molecular complexity index is 306. The second kappa shape index (κ2) is 5.25. The van der Waals surface area contributed by atoms with Gasteiger partial charge in [-0.25, -0.2) is 9.59 Å². The summed E-state index contributed by atoms with van der Waals surface area (Å²) >= 11 is 0. The first-order valence-electron chi connectivity index (χ1n) is 4.38. The number of carbonyl (C=O) groups is 2. The highest BCUT2D eigenvalue weighted by molar-refractivity contribution is 5.86. The molecule has 0 atom stereocenters. The molecule has 0 heterocycles.